The smallest absolute Gasteiger partial charge is 0.193 e. The molecule has 1 aromatic carbocycles. The Balaban J connectivity index is 2.05. The first-order chi connectivity index (χ1) is 8.80. The van der Waals surface area contributed by atoms with Crippen molar-refractivity contribution in [2.75, 3.05) is 5.32 Å². The van der Waals surface area contributed by atoms with Crippen molar-refractivity contribution in [1.82, 2.24) is 0 Å². The maximum absolute atomic E-state index is 9.69. The lowest BCUT2D eigenvalue weighted by molar-refractivity contribution is -0.0576. The van der Waals surface area contributed by atoms with Gasteiger partial charge in [0, 0.05) is 11.1 Å². The van der Waals surface area contributed by atoms with Gasteiger partial charge in [0.05, 0.1) is 12.1 Å². The quantitative estimate of drug-likeness (QED) is 0.564. The lowest BCUT2D eigenvalue weighted by Gasteiger charge is -2.46. The molecular weight excluding hydrogens is 238 g/mol. The second-order valence-electron chi connectivity index (χ2n) is 6.03. The van der Waals surface area contributed by atoms with E-state index in [2.05, 4.69) is 36.3 Å². The molecule has 0 heterocycles. The lowest BCUT2D eigenvalue weighted by atomic mass is 9.65. The van der Waals surface area contributed by atoms with E-state index in [9.17, 15) is 5.11 Å². The molecule has 2 unspecified atom stereocenters. The average Bonchev–Trinajstić information content (AvgIpc) is 2.33. The van der Waals surface area contributed by atoms with Gasteiger partial charge in [-0.3, -0.25) is 0 Å². The number of nitrogens with two attached hydrogens (primary N) is 1. The van der Waals surface area contributed by atoms with Gasteiger partial charge in [0.2, 0.25) is 0 Å². The van der Waals surface area contributed by atoms with Crippen LogP contribution >= 0.6 is 0 Å². The summed E-state index contributed by atoms with van der Waals surface area (Å²) in [7, 11) is 0. The molecule has 2 atom stereocenters. The van der Waals surface area contributed by atoms with Crippen molar-refractivity contribution in [3.8, 4) is 0 Å². The van der Waals surface area contributed by atoms with Gasteiger partial charge in [-0.05, 0) is 43.5 Å². The minimum absolute atomic E-state index is 0.0848. The maximum atomic E-state index is 9.69. The van der Waals surface area contributed by atoms with Crippen LogP contribution in [-0.4, -0.2) is 23.2 Å². The molecule has 4 nitrogen and oxygen atoms in total. The van der Waals surface area contributed by atoms with Crippen molar-refractivity contribution in [2.45, 2.75) is 46.3 Å². The zero-order valence-corrected chi connectivity index (χ0v) is 12.1. The van der Waals surface area contributed by atoms with E-state index in [1.807, 2.05) is 19.9 Å². The normalized spacial score (nSPS) is 25.8. The summed E-state index contributed by atoms with van der Waals surface area (Å²) >= 11 is 0. The highest BCUT2D eigenvalue weighted by Crippen LogP contribution is 2.42. The van der Waals surface area contributed by atoms with Crippen LogP contribution in [0.25, 0.3) is 0 Å². The highest BCUT2D eigenvalue weighted by molar-refractivity contribution is 5.92. The van der Waals surface area contributed by atoms with E-state index in [4.69, 9.17) is 5.73 Å². The van der Waals surface area contributed by atoms with Crippen LogP contribution in [0, 0.1) is 19.3 Å². The van der Waals surface area contributed by atoms with E-state index >= 15 is 0 Å². The number of hydrogen-bond donors (Lipinski definition) is 3. The zero-order valence-electron chi connectivity index (χ0n) is 12.1. The van der Waals surface area contributed by atoms with Gasteiger partial charge in [-0.25, -0.2) is 4.99 Å². The van der Waals surface area contributed by atoms with Crippen molar-refractivity contribution >= 4 is 11.6 Å². The SMILES string of the molecule is Cc1ccc(NC(N)=NC2CC(O)C2(C)C)cc1C. The van der Waals surface area contributed by atoms with E-state index in [1.54, 1.807) is 0 Å². The van der Waals surface area contributed by atoms with Gasteiger partial charge in [-0.2, -0.15) is 0 Å². The van der Waals surface area contributed by atoms with Crippen LogP contribution in [0.15, 0.2) is 23.2 Å². The summed E-state index contributed by atoms with van der Waals surface area (Å²) < 4.78 is 0. The predicted octanol–water partition coefficient (Wildman–Crippen LogP) is 2.19. The second-order valence-corrected chi connectivity index (χ2v) is 6.03. The second kappa shape index (κ2) is 4.85. The molecule has 0 spiro atoms. The molecule has 1 fully saturated rings. The highest BCUT2D eigenvalue weighted by atomic mass is 16.3. The third kappa shape index (κ3) is 2.73. The first kappa shape index (κ1) is 13.9. The Hall–Kier alpha value is -1.55. The molecule has 4 heteroatoms. The standard InChI is InChI=1S/C15H23N3O/c1-9-5-6-11(7-10(9)2)17-14(16)18-12-8-13(19)15(12,3)4/h5-7,12-13,19H,8H2,1-4H3,(H3,16,17,18). The van der Waals surface area contributed by atoms with Crippen molar-refractivity contribution < 1.29 is 5.11 Å². The van der Waals surface area contributed by atoms with Gasteiger partial charge in [-0.15, -0.1) is 0 Å². The number of nitrogens with one attached hydrogen (secondary N) is 1. The fourth-order valence-electron chi connectivity index (χ4n) is 2.27. The summed E-state index contributed by atoms with van der Waals surface area (Å²) in [5.74, 6) is 0.410. The van der Waals surface area contributed by atoms with Gasteiger partial charge in [0.1, 0.15) is 0 Å². The number of aliphatic hydroxyl groups is 1. The highest BCUT2D eigenvalue weighted by Gasteiger charge is 2.47. The Bertz CT molecular complexity index is 508. The molecule has 1 aliphatic rings. The Morgan fingerprint density at radius 2 is 2.05 bits per heavy atom. The number of rotatable bonds is 2. The third-order valence-electron chi connectivity index (χ3n) is 4.24. The van der Waals surface area contributed by atoms with Crippen LogP contribution in [0.5, 0.6) is 0 Å². The lowest BCUT2D eigenvalue weighted by Crippen LogP contribution is -2.53. The Morgan fingerprint density at radius 3 is 2.58 bits per heavy atom. The van der Waals surface area contributed by atoms with Crippen LogP contribution in [-0.2, 0) is 0 Å². The largest absolute Gasteiger partial charge is 0.392 e. The first-order valence-electron chi connectivity index (χ1n) is 6.66. The summed E-state index contributed by atoms with van der Waals surface area (Å²) in [6.45, 7) is 8.17. The topological polar surface area (TPSA) is 70.6 Å². The predicted molar refractivity (Wildman–Crippen MR) is 79.4 cm³/mol. The molecule has 0 saturated heterocycles. The van der Waals surface area contributed by atoms with Crippen molar-refractivity contribution in [3.05, 3.63) is 29.3 Å². The number of anilines is 1. The average molecular weight is 261 g/mol. The van der Waals surface area contributed by atoms with E-state index in [0.717, 1.165) is 5.69 Å². The maximum Gasteiger partial charge on any atom is 0.193 e. The molecule has 0 aliphatic heterocycles. The summed E-state index contributed by atoms with van der Waals surface area (Å²) in [5, 5.41) is 12.8. The van der Waals surface area contributed by atoms with Gasteiger partial charge >= 0.3 is 0 Å². The summed E-state index contributed by atoms with van der Waals surface area (Å²) in [4.78, 5) is 4.46. The fourth-order valence-corrected chi connectivity index (χ4v) is 2.27. The summed E-state index contributed by atoms with van der Waals surface area (Å²) in [6, 6.07) is 6.19. The number of nitrogens with zero attached hydrogens (tertiary/aromatic N) is 1. The van der Waals surface area contributed by atoms with E-state index in [0.29, 0.717) is 12.4 Å². The van der Waals surface area contributed by atoms with Crippen molar-refractivity contribution in [3.63, 3.8) is 0 Å². The van der Waals surface area contributed by atoms with Crippen molar-refractivity contribution in [2.24, 2.45) is 16.1 Å². The molecule has 4 N–H and O–H groups in total. The fraction of sp³-hybridized carbons (Fsp3) is 0.533. The minimum atomic E-state index is -0.282. The Labute approximate surface area is 114 Å². The molecule has 0 aromatic heterocycles. The molecule has 19 heavy (non-hydrogen) atoms. The third-order valence-corrected chi connectivity index (χ3v) is 4.24. The number of benzene rings is 1. The monoisotopic (exact) mass is 261 g/mol. The molecule has 104 valence electrons. The van der Waals surface area contributed by atoms with Crippen LogP contribution in [0.2, 0.25) is 0 Å². The number of guanidine groups is 1. The molecule has 0 amide bonds. The van der Waals surface area contributed by atoms with E-state index < -0.39 is 0 Å². The molecule has 1 aromatic rings. The molecule has 0 radical (unpaired) electrons. The van der Waals surface area contributed by atoms with Crippen molar-refractivity contribution in [1.29, 1.82) is 0 Å². The first-order valence-corrected chi connectivity index (χ1v) is 6.66. The van der Waals surface area contributed by atoms with Crippen LogP contribution in [0.4, 0.5) is 5.69 Å². The van der Waals surface area contributed by atoms with Gasteiger partial charge in [-0.1, -0.05) is 19.9 Å². The molecule has 1 aliphatic carbocycles. The number of hydrogen-bond acceptors (Lipinski definition) is 2. The summed E-state index contributed by atoms with van der Waals surface area (Å²) in [6.07, 6.45) is 0.401. The minimum Gasteiger partial charge on any atom is -0.392 e. The van der Waals surface area contributed by atoms with Gasteiger partial charge in [0.15, 0.2) is 5.96 Å². The van der Waals surface area contributed by atoms with Gasteiger partial charge in [0.25, 0.3) is 0 Å². The number of aliphatic hydroxyl groups excluding tert-OH is 1. The Kier molecular flexibility index (Phi) is 3.54. The van der Waals surface area contributed by atoms with E-state index in [1.165, 1.54) is 11.1 Å². The number of aryl methyl sites for hydroxylation is 2. The molecule has 0 bridgehead atoms. The van der Waals surface area contributed by atoms with Crippen LogP contribution in [0.1, 0.15) is 31.4 Å². The van der Waals surface area contributed by atoms with E-state index in [-0.39, 0.29) is 17.6 Å². The molecule has 2 rings (SSSR count). The van der Waals surface area contributed by atoms with Crippen LogP contribution in [0.3, 0.4) is 0 Å². The molecule has 1 saturated carbocycles. The zero-order chi connectivity index (χ0) is 14.2. The number of aliphatic imine (C=N–C) groups is 1. The van der Waals surface area contributed by atoms with Crippen LogP contribution < -0.4 is 11.1 Å². The van der Waals surface area contributed by atoms with Gasteiger partial charge < -0.3 is 16.2 Å². The summed E-state index contributed by atoms with van der Waals surface area (Å²) in [5.41, 5.74) is 9.16. The molecular formula is C15H23N3O. The Morgan fingerprint density at radius 1 is 1.37 bits per heavy atom.